The number of nitrogens with zero attached hydrogens (tertiary/aromatic N) is 3. The highest BCUT2D eigenvalue weighted by Gasteiger charge is 2.28. The first kappa shape index (κ1) is 28.7. The summed E-state index contributed by atoms with van der Waals surface area (Å²) in [6.45, 7) is 6.66. The summed E-state index contributed by atoms with van der Waals surface area (Å²) in [6, 6.07) is 10.6. The predicted octanol–water partition coefficient (Wildman–Crippen LogP) is 3.60. The molecule has 1 amide bonds. The Hall–Kier alpha value is -3.35. The van der Waals surface area contributed by atoms with Crippen LogP contribution < -0.4 is 4.80 Å². The van der Waals surface area contributed by atoms with Crippen molar-refractivity contribution < 1.29 is 32.3 Å². The van der Waals surface area contributed by atoms with E-state index in [0.717, 1.165) is 24.2 Å². The van der Waals surface area contributed by atoms with E-state index in [9.17, 15) is 22.8 Å². The molecule has 3 aromatic rings. The lowest BCUT2D eigenvalue weighted by molar-refractivity contribution is -0.143. The molecule has 0 bridgehead atoms. The standard InChI is InChI=1S/C27H31N3O7S2/c1-4-36-24(31)17-30-22-13-10-20(26(33)37-5-2)15-23(22)38-27(30)28-25(32)19-8-11-21(12-9-19)39(34,35)29-14-6-7-18(3)16-29/h8-13,15,18H,4-7,14,16-17H2,1-3H3. The summed E-state index contributed by atoms with van der Waals surface area (Å²) < 4.78 is 40.0. The number of esters is 2. The van der Waals surface area contributed by atoms with Crippen LogP contribution in [0.2, 0.25) is 0 Å². The normalized spacial score (nSPS) is 16.8. The SMILES string of the molecule is CCOC(=O)Cn1c(=NC(=O)c2ccc(S(=O)(=O)N3CCCC(C)C3)cc2)sc2cc(C(=O)OCC)ccc21. The largest absolute Gasteiger partial charge is 0.465 e. The highest BCUT2D eigenvalue weighted by molar-refractivity contribution is 7.89. The number of fused-ring (bicyclic) bond motifs is 1. The number of carbonyl (C=O) groups is 3. The first-order valence-corrected chi connectivity index (χ1v) is 15.0. The van der Waals surface area contributed by atoms with Crippen LogP contribution in [-0.2, 0) is 30.8 Å². The van der Waals surface area contributed by atoms with Crippen LogP contribution >= 0.6 is 11.3 Å². The molecule has 0 radical (unpaired) electrons. The molecule has 0 aliphatic carbocycles. The van der Waals surface area contributed by atoms with E-state index in [4.69, 9.17) is 9.47 Å². The summed E-state index contributed by atoms with van der Waals surface area (Å²) in [4.78, 5) is 42.2. The van der Waals surface area contributed by atoms with Crippen LogP contribution in [-0.4, -0.2) is 61.4 Å². The van der Waals surface area contributed by atoms with Crippen LogP contribution in [0.15, 0.2) is 52.4 Å². The zero-order valence-corrected chi connectivity index (χ0v) is 23.7. The lowest BCUT2D eigenvalue weighted by atomic mass is 10.0. The van der Waals surface area contributed by atoms with Gasteiger partial charge in [-0.1, -0.05) is 18.3 Å². The van der Waals surface area contributed by atoms with Crippen LogP contribution in [0.3, 0.4) is 0 Å². The minimum atomic E-state index is -3.65. The van der Waals surface area contributed by atoms with Gasteiger partial charge in [0.05, 0.1) is 33.9 Å². The second kappa shape index (κ2) is 12.2. The number of sulfonamides is 1. The van der Waals surface area contributed by atoms with Gasteiger partial charge in [0.2, 0.25) is 10.0 Å². The summed E-state index contributed by atoms with van der Waals surface area (Å²) in [7, 11) is -3.65. The van der Waals surface area contributed by atoms with Crippen molar-refractivity contribution in [1.82, 2.24) is 8.87 Å². The molecular formula is C27H31N3O7S2. The molecule has 0 N–H and O–H groups in total. The first-order chi connectivity index (χ1) is 18.6. The maximum atomic E-state index is 13.1. The predicted molar refractivity (Wildman–Crippen MR) is 146 cm³/mol. The number of hydrogen-bond donors (Lipinski definition) is 0. The molecule has 10 nitrogen and oxygen atoms in total. The second-order valence-electron chi connectivity index (χ2n) is 9.23. The Bertz CT molecular complexity index is 1560. The van der Waals surface area contributed by atoms with E-state index in [1.165, 1.54) is 28.6 Å². The van der Waals surface area contributed by atoms with Gasteiger partial charge in [0.1, 0.15) is 6.54 Å². The number of benzene rings is 2. The van der Waals surface area contributed by atoms with Crippen molar-refractivity contribution in [2.45, 2.75) is 45.1 Å². The summed E-state index contributed by atoms with van der Waals surface area (Å²) in [5, 5.41) is 0. The lowest BCUT2D eigenvalue weighted by Gasteiger charge is -2.30. The molecule has 39 heavy (non-hydrogen) atoms. The maximum Gasteiger partial charge on any atom is 0.338 e. The van der Waals surface area contributed by atoms with E-state index in [-0.39, 0.29) is 35.0 Å². The molecular weight excluding hydrogens is 542 g/mol. The van der Waals surface area contributed by atoms with Crippen LogP contribution in [0, 0.1) is 5.92 Å². The molecule has 208 valence electrons. The fourth-order valence-corrected chi connectivity index (χ4v) is 7.09. The van der Waals surface area contributed by atoms with E-state index < -0.39 is 27.9 Å². The number of piperidine rings is 1. The molecule has 1 aliphatic heterocycles. The third-order valence-corrected chi connectivity index (χ3v) is 9.26. The van der Waals surface area contributed by atoms with Gasteiger partial charge in [-0.3, -0.25) is 9.59 Å². The molecule has 12 heteroatoms. The van der Waals surface area contributed by atoms with Gasteiger partial charge in [-0.2, -0.15) is 9.30 Å². The second-order valence-corrected chi connectivity index (χ2v) is 12.2. The van der Waals surface area contributed by atoms with Gasteiger partial charge in [0, 0.05) is 18.7 Å². The van der Waals surface area contributed by atoms with Crippen LogP contribution in [0.1, 0.15) is 54.3 Å². The van der Waals surface area contributed by atoms with Gasteiger partial charge in [-0.15, -0.1) is 0 Å². The zero-order chi connectivity index (χ0) is 28.2. The van der Waals surface area contributed by atoms with E-state index in [1.807, 2.05) is 6.92 Å². The molecule has 4 rings (SSSR count). The Morgan fingerprint density at radius 1 is 1.03 bits per heavy atom. The van der Waals surface area contributed by atoms with Crippen molar-refractivity contribution in [2.24, 2.45) is 10.9 Å². The molecule has 0 spiro atoms. The third-order valence-electron chi connectivity index (χ3n) is 6.34. The molecule has 1 aromatic heterocycles. The number of rotatable bonds is 8. The van der Waals surface area contributed by atoms with Gasteiger partial charge in [-0.05, 0) is 75.1 Å². The van der Waals surface area contributed by atoms with Crippen molar-refractivity contribution in [3.63, 3.8) is 0 Å². The summed E-state index contributed by atoms with van der Waals surface area (Å²) in [5.41, 5.74) is 1.14. The molecule has 1 saturated heterocycles. The molecule has 1 unspecified atom stereocenters. The average molecular weight is 574 g/mol. The van der Waals surface area contributed by atoms with Gasteiger partial charge in [0.15, 0.2) is 4.80 Å². The molecule has 2 heterocycles. The van der Waals surface area contributed by atoms with Crippen molar-refractivity contribution in [2.75, 3.05) is 26.3 Å². The number of thiazole rings is 1. The number of hydrogen-bond acceptors (Lipinski definition) is 8. The topological polar surface area (TPSA) is 124 Å². The Labute approximate surface area is 230 Å². The fourth-order valence-electron chi connectivity index (χ4n) is 4.42. The third kappa shape index (κ3) is 6.45. The fraction of sp³-hybridized carbons (Fsp3) is 0.407. The Morgan fingerprint density at radius 3 is 2.38 bits per heavy atom. The zero-order valence-electron chi connectivity index (χ0n) is 22.1. The summed E-state index contributed by atoms with van der Waals surface area (Å²) >= 11 is 1.14. The van der Waals surface area contributed by atoms with Crippen LogP contribution in [0.25, 0.3) is 10.2 Å². The minimum Gasteiger partial charge on any atom is -0.465 e. The monoisotopic (exact) mass is 573 g/mol. The summed E-state index contributed by atoms with van der Waals surface area (Å²) in [6.07, 6.45) is 1.82. The highest BCUT2D eigenvalue weighted by Crippen LogP contribution is 2.24. The molecule has 1 atom stereocenters. The highest BCUT2D eigenvalue weighted by atomic mass is 32.2. The average Bonchev–Trinajstić information content (AvgIpc) is 3.24. The van der Waals surface area contributed by atoms with Crippen molar-refractivity contribution >= 4 is 49.4 Å². The van der Waals surface area contributed by atoms with Crippen molar-refractivity contribution in [3.05, 3.63) is 58.4 Å². The van der Waals surface area contributed by atoms with E-state index in [0.29, 0.717) is 34.8 Å². The molecule has 1 aliphatic rings. The van der Waals surface area contributed by atoms with Gasteiger partial charge in [0.25, 0.3) is 5.91 Å². The Balaban J connectivity index is 1.67. The van der Waals surface area contributed by atoms with Crippen molar-refractivity contribution in [3.8, 4) is 0 Å². The van der Waals surface area contributed by atoms with Gasteiger partial charge < -0.3 is 14.0 Å². The molecule has 0 saturated carbocycles. The number of amides is 1. The van der Waals surface area contributed by atoms with Gasteiger partial charge in [-0.25, -0.2) is 13.2 Å². The van der Waals surface area contributed by atoms with Crippen molar-refractivity contribution in [1.29, 1.82) is 0 Å². The minimum absolute atomic E-state index is 0.124. The maximum absolute atomic E-state index is 13.1. The smallest absolute Gasteiger partial charge is 0.338 e. The number of carbonyl (C=O) groups excluding carboxylic acids is 3. The summed E-state index contributed by atoms with van der Waals surface area (Å²) in [5.74, 6) is -1.28. The van der Waals surface area contributed by atoms with Crippen LogP contribution in [0.5, 0.6) is 0 Å². The Morgan fingerprint density at radius 2 is 1.72 bits per heavy atom. The van der Waals surface area contributed by atoms with Crippen LogP contribution in [0.4, 0.5) is 0 Å². The molecule has 1 fully saturated rings. The quantitative estimate of drug-likeness (QED) is 0.377. The van der Waals surface area contributed by atoms with E-state index >= 15 is 0 Å². The Kier molecular flexibility index (Phi) is 8.98. The van der Waals surface area contributed by atoms with E-state index in [2.05, 4.69) is 4.99 Å². The molecule has 2 aromatic carbocycles. The first-order valence-electron chi connectivity index (χ1n) is 12.8. The lowest BCUT2D eigenvalue weighted by Crippen LogP contribution is -2.39. The van der Waals surface area contributed by atoms with E-state index in [1.54, 1.807) is 36.6 Å². The number of ether oxygens (including phenoxy) is 2. The number of aromatic nitrogens is 1. The van der Waals surface area contributed by atoms with Gasteiger partial charge >= 0.3 is 11.9 Å².